The number of nitrogens with one attached hydrogen (secondary N) is 3. The van der Waals surface area contributed by atoms with Crippen LogP contribution in [-0.4, -0.2) is 23.0 Å². The van der Waals surface area contributed by atoms with Gasteiger partial charge in [0, 0.05) is 21.0 Å². The molecule has 4 aromatic rings. The van der Waals surface area contributed by atoms with E-state index in [1.807, 2.05) is 0 Å². The minimum absolute atomic E-state index is 0.0150. The summed E-state index contributed by atoms with van der Waals surface area (Å²) in [5.41, 5.74) is -3.97. The van der Waals surface area contributed by atoms with Crippen LogP contribution in [0.4, 0.5) is 42.1 Å². The van der Waals surface area contributed by atoms with E-state index in [1.165, 1.54) is 48.6 Å². The average Bonchev–Trinajstić information content (AvgIpc) is 3.53. The lowest BCUT2D eigenvalue weighted by atomic mass is 10.1. The topological polar surface area (TPSA) is 87.3 Å². The highest BCUT2D eigenvalue weighted by Crippen LogP contribution is 2.39. The van der Waals surface area contributed by atoms with Crippen molar-refractivity contribution in [3.8, 4) is 0 Å². The molecule has 0 radical (unpaired) electrons. The molecule has 0 bridgehead atoms. The number of hydrogen-bond acceptors (Lipinski definition) is 5. The van der Waals surface area contributed by atoms with Gasteiger partial charge in [0.25, 0.3) is 11.8 Å². The first-order chi connectivity index (χ1) is 21.8. The van der Waals surface area contributed by atoms with Gasteiger partial charge in [0.1, 0.15) is 16.9 Å². The third kappa shape index (κ3) is 8.14. The van der Waals surface area contributed by atoms with E-state index in [2.05, 4.69) is 10.6 Å². The molecule has 0 aliphatic heterocycles. The van der Waals surface area contributed by atoms with Crippen molar-refractivity contribution in [2.75, 3.05) is 10.6 Å². The molecule has 0 saturated carbocycles. The Morgan fingerprint density at radius 2 is 1.54 bits per heavy atom. The summed E-state index contributed by atoms with van der Waals surface area (Å²) >= 11 is 2.18. The summed E-state index contributed by atoms with van der Waals surface area (Å²) in [5.74, 6) is -12.6. The highest BCUT2D eigenvalue weighted by atomic mass is 32.2. The van der Waals surface area contributed by atoms with Gasteiger partial charge in [0.05, 0.1) is 5.25 Å². The fourth-order valence-corrected chi connectivity index (χ4v) is 5.65. The van der Waals surface area contributed by atoms with Gasteiger partial charge in [-0.15, -0.1) is 23.1 Å². The quantitative estimate of drug-likeness (QED) is 0.0681. The molecule has 0 fully saturated rings. The van der Waals surface area contributed by atoms with Gasteiger partial charge in [-0.2, -0.15) is 13.2 Å². The third-order valence-corrected chi connectivity index (χ3v) is 8.36. The fourth-order valence-electron chi connectivity index (χ4n) is 3.98. The van der Waals surface area contributed by atoms with Gasteiger partial charge in [-0.1, -0.05) is 37.3 Å². The molecule has 1 unspecified atom stereocenters. The predicted molar refractivity (Wildman–Crippen MR) is 161 cm³/mol. The molecule has 1 heterocycles. The molecule has 15 heteroatoms. The minimum atomic E-state index is -5.73. The maximum Gasteiger partial charge on any atom is 0.422 e. The molecule has 0 spiro atoms. The van der Waals surface area contributed by atoms with Crippen molar-refractivity contribution in [2.24, 2.45) is 0 Å². The third-order valence-electron chi connectivity index (χ3n) is 6.19. The largest absolute Gasteiger partial charge is 0.422 e. The number of thiophene rings is 1. The van der Waals surface area contributed by atoms with Crippen molar-refractivity contribution in [2.45, 2.75) is 29.7 Å². The first-order valence-electron chi connectivity index (χ1n) is 13.2. The predicted octanol–water partition coefficient (Wildman–Crippen LogP) is 8.24. The van der Waals surface area contributed by atoms with Crippen LogP contribution in [0.25, 0.3) is 6.08 Å². The fraction of sp³-hybridized carbons (Fsp3) is 0.129. The molecule has 0 saturated heterocycles. The summed E-state index contributed by atoms with van der Waals surface area (Å²) in [4.78, 5) is 39.9. The zero-order chi connectivity index (χ0) is 33.6. The highest BCUT2D eigenvalue weighted by molar-refractivity contribution is 8.00. The Bertz CT molecular complexity index is 1750. The molecule has 0 aliphatic rings. The number of alkyl halides is 3. The monoisotopic (exact) mass is 681 g/mol. The Morgan fingerprint density at radius 1 is 0.870 bits per heavy atom. The first kappa shape index (κ1) is 34.2. The Labute approximate surface area is 265 Å². The number of benzene rings is 3. The van der Waals surface area contributed by atoms with Crippen molar-refractivity contribution in [1.82, 2.24) is 5.32 Å². The SMILES string of the molecule is CCC(Sc1cccc(NC(=O)/C(=C/c2cccs2)NC(=O)c2ccccc2)c1)C(=O)Nc1c(F)c(F)c(C(F)(F)F)c(F)c1F. The Kier molecular flexibility index (Phi) is 10.9. The summed E-state index contributed by atoms with van der Waals surface area (Å²) in [6.45, 7) is 1.51. The maximum atomic E-state index is 14.3. The van der Waals surface area contributed by atoms with Crippen LogP contribution in [0.1, 0.15) is 34.1 Å². The first-order valence-corrected chi connectivity index (χ1v) is 15.0. The summed E-state index contributed by atoms with van der Waals surface area (Å²) in [7, 11) is 0. The average molecular weight is 682 g/mol. The molecule has 1 atom stereocenters. The van der Waals surface area contributed by atoms with Crippen molar-refractivity contribution < 1.29 is 45.1 Å². The molecular weight excluding hydrogens is 659 g/mol. The number of halogens is 7. The number of carbonyl (C=O) groups is 3. The minimum Gasteiger partial charge on any atom is -0.321 e. The van der Waals surface area contributed by atoms with Gasteiger partial charge in [-0.05, 0) is 54.3 Å². The van der Waals surface area contributed by atoms with Gasteiger partial charge in [-0.3, -0.25) is 14.4 Å². The van der Waals surface area contributed by atoms with Gasteiger partial charge in [0.15, 0.2) is 23.3 Å². The maximum absolute atomic E-state index is 14.3. The van der Waals surface area contributed by atoms with E-state index < -0.39 is 63.7 Å². The molecule has 3 aromatic carbocycles. The second-order valence-electron chi connectivity index (χ2n) is 9.38. The van der Waals surface area contributed by atoms with E-state index in [4.69, 9.17) is 0 Å². The zero-order valence-electron chi connectivity index (χ0n) is 23.5. The number of rotatable bonds is 10. The zero-order valence-corrected chi connectivity index (χ0v) is 25.1. The van der Waals surface area contributed by atoms with Gasteiger partial charge in [0.2, 0.25) is 5.91 Å². The number of thioether (sulfide) groups is 1. The number of hydrogen-bond donors (Lipinski definition) is 3. The van der Waals surface area contributed by atoms with Crippen LogP contribution in [-0.2, 0) is 15.8 Å². The van der Waals surface area contributed by atoms with E-state index in [1.54, 1.807) is 53.2 Å². The van der Waals surface area contributed by atoms with Crippen LogP contribution in [0.15, 0.2) is 82.7 Å². The molecule has 0 aliphatic carbocycles. The molecule has 3 N–H and O–H groups in total. The van der Waals surface area contributed by atoms with Crippen LogP contribution in [0, 0.1) is 23.3 Å². The molecule has 4 rings (SSSR count). The second kappa shape index (κ2) is 14.6. The van der Waals surface area contributed by atoms with Crippen molar-refractivity contribution in [1.29, 1.82) is 0 Å². The smallest absolute Gasteiger partial charge is 0.321 e. The van der Waals surface area contributed by atoms with Gasteiger partial charge in [-0.25, -0.2) is 17.6 Å². The normalized spacial score (nSPS) is 12.4. The van der Waals surface area contributed by atoms with E-state index in [0.717, 1.165) is 11.8 Å². The van der Waals surface area contributed by atoms with Crippen LogP contribution >= 0.6 is 23.1 Å². The molecule has 1 aromatic heterocycles. The Morgan fingerprint density at radius 3 is 2.13 bits per heavy atom. The van der Waals surface area contributed by atoms with E-state index in [0.29, 0.717) is 15.3 Å². The summed E-state index contributed by atoms with van der Waals surface area (Å²) < 4.78 is 95.5. The lowest BCUT2D eigenvalue weighted by Gasteiger charge is -2.18. The van der Waals surface area contributed by atoms with Crippen LogP contribution in [0.5, 0.6) is 0 Å². The summed E-state index contributed by atoms with van der Waals surface area (Å²) in [6.07, 6.45) is -4.22. The number of carbonyl (C=O) groups excluding carboxylic acids is 3. The van der Waals surface area contributed by atoms with Crippen molar-refractivity contribution >= 4 is 58.3 Å². The Hall–Kier alpha value is -4.63. The van der Waals surface area contributed by atoms with E-state index >= 15 is 0 Å². The van der Waals surface area contributed by atoms with E-state index in [-0.39, 0.29) is 17.8 Å². The summed E-state index contributed by atoms with van der Waals surface area (Å²) in [6, 6.07) is 17.7. The van der Waals surface area contributed by atoms with Crippen molar-refractivity contribution in [3.63, 3.8) is 0 Å². The van der Waals surface area contributed by atoms with Crippen molar-refractivity contribution in [3.05, 3.63) is 117 Å². The summed E-state index contributed by atoms with van der Waals surface area (Å²) in [5, 5.41) is 7.54. The molecular formula is C31H22F7N3O3S2. The molecule has 46 heavy (non-hydrogen) atoms. The van der Waals surface area contributed by atoms with Crippen LogP contribution < -0.4 is 16.0 Å². The van der Waals surface area contributed by atoms with Gasteiger partial charge >= 0.3 is 6.18 Å². The number of anilines is 2. The standard InChI is InChI=1S/C31H22F7N3O3S2/c1-2-21(30(44)41-27-25(34)23(32)22(31(36,37)38)24(33)26(27)35)46-19-11-6-10-17(14-19)39-29(43)20(15-18-12-7-13-45-18)40-28(42)16-8-4-3-5-9-16/h3-15,21H,2H2,1H3,(H,39,43)(H,40,42)(H,41,44)/b20-15-. The van der Waals surface area contributed by atoms with Gasteiger partial charge < -0.3 is 16.0 Å². The molecule has 6 nitrogen and oxygen atoms in total. The highest BCUT2D eigenvalue weighted by Gasteiger charge is 2.42. The van der Waals surface area contributed by atoms with E-state index in [9.17, 15) is 45.1 Å². The molecule has 240 valence electrons. The van der Waals surface area contributed by atoms with Crippen LogP contribution in [0.2, 0.25) is 0 Å². The Balaban J connectivity index is 1.51. The second-order valence-corrected chi connectivity index (χ2v) is 11.6. The van der Waals surface area contributed by atoms with Crippen LogP contribution in [0.3, 0.4) is 0 Å². The number of amides is 3. The lowest BCUT2D eigenvalue weighted by Crippen LogP contribution is -2.30. The lowest BCUT2D eigenvalue weighted by molar-refractivity contribution is -0.143. The molecule has 3 amide bonds.